The summed E-state index contributed by atoms with van der Waals surface area (Å²) in [5.74, 6) is -0.242. The van der Waals surface area contributed by atoms with Crippen LogP contribution in [0.3, 0.4) is 0 Å². The summed E-state index contributed by atoms with van der Waals surface area (Å²) >= 11 is 0. The third-order valence-corrected chi connectivity index (χ3v) is 2.47. The maximum absolute atomic E-state index is 13.3. The van der Waals surface area contributed by atoms with Crippen molar-refractivity contribution >= 4 is 0 Å². The van der Waals surface area contributed by atoms with Crippen LogP contribution in [0.4, 0.5) is 4.39 Å². The van der Waals surface area contributed by atoms with Crippen LogP contribution in [0.1, 0.15) is 12.5 Å². The van der Waals surface area contributed by atoms with E-state index in [0.717, 1.165) is 0 Å². The SMILES string of the molecule is CC1OCC(OCc2ccccc2F)CO1. The average Bonchev–Trinajstić information content (AvgIpc) is 2.30. The van der Waals surface area contributed by atoms with E-state index in [1.165, 1.54) is 6.07 Å². The van der Waals surface area contributed by atoms with Crippen molar-refractivity contribution in [1.82, 2.24) is 0 Å². The van der Waals surface area contributed by atoms with Crippen LogP contribution < -0.4 is 0 Å². The van der Waals surface area contributed by atoms with E-state index in [-0.39, 0.29) is 24.8 Å². The topological polar surface area (TPSA) is 27.7 Å². The molecule has 1 heterocycles. The van der Waals surface area contributed by atoms with E-state index in [9.17, 15) is 4.39 Å². The maximum Gasteiger partial charge on any atom is 0.155 e. The summed E-state index contributed by atoms with van der Waals surface area (Å²) in [4.78, 5) is 0. The highest BCUT2D eigenvalue weighted by molar-refractivity contribution is 5.16. The van der Waals surface area contributed by atoms with Gasteiger partial charge in [0.1, 0.15) is 11.9 Å². The first kappa shape index (κ1) is 11.5. The summed E-state index contributed by atoms with van der Waals surface area (Å²) < 4.78 is 29.3. The molecule has 88 valence electrons. The minimum absolute atomic E-state index is 0.115. The molecule has 1 aromatic carbocycles. The van der Waals surface area contributed by atoms with Gasteiger partial charge in [0.25, 0.3) is 0 Å². The summed E-state index contributed by atoms with van der Waals surface area (Å²) in [7, 11) is 0. The summed E-state index contributed by atoms with van der Waals surface area (Å²) in [5, 5.41) is 0. The van der Waals surface area contributed by atoms with Crippen molar-refractivity contribution in [2.45, 2.75) is 25.9 Å². The van der Waals surface area contributed by atoms with E-state index >= 15 is 0 Å². The molecule has 4 heteroatoms. The van der Waals surface area contributed by atoms with Gasteiger partial charge < -0.3 is 14.2 Å². The number of hydrogen-bond donors (Lipinski definition) is 0. The number of ether oxygens (including phenoxy) is 3. The van der Waals surface area contributed by atoms with E-state index in [1.54, 1.807) is 18.2 Å². The van der Waals surface area contributed by atoms with E-state index in [0.29, 0.717) is 18.8 Å². The molecular formula is C12H15FO3. The molecule has 0 amide bonds. The van der Waals surface area contributed by atoms with Gasteiger partial charge in [-0.1, -0.05) is 18.2 Å². The monoisotopic (exact) mass is 226 g/mol. The minimum Gasteiger partial charge on any atom is -0.369 e. The Hall–Kier alpha value is -0.970. The second-order valence-corrected chi connectivity index (χ2v) is 3.76. The molecule has 1 aromatic rings. The molecule has 0 atom stereocenters. The van der Waals surface area contributed by atoms with Gasteiger partial charge in [0.15, 0.2) is 6.29 Å². The molecule has 0 bridgehead atoms. The highest BCUT2D eigenvalue weighted by Crippen LogP contribution is 2.12. The molecule has 16 heavy (non-hydrogen) atoms. The predicted octanol–water partition coefficient (Wildman–Crippen LogP) is 2.10. The van der Waals surface area contributed by atoms with Crippen molar-refractivity contribution in [3.05, 3.63) is 35.6 Å². The fourth-order valence-corrected chi connectivity index (χ4v) is 1.50. The molecule has 0 saturated carbocycles. The molecule has 0 N–H and O–H groups in total. The molecule has 2 rings (SSSR count). The molecule has 1 saturated heterocycles. The van der Waals surface area contributed by atoms with Crippen molar-refractivity contribution in [3.63, 3.8) is 0 Å². The third kappa shape index (κ3) is 3.01. The average molecular weight is 226 g/mol. The predicted molar refractivity (Wildman–Crippen MR) is 56.3 cm³/mol. The molecule has 0 aromatic heterocycles. The van der Waals surface area contributed by atoms with Gasteiger partial charge in [-0.2, -0.15) is 0 Å². The first-order valence-electron chi connectivity index (χ1n) is 5.34. The van der Waals surface area contributed by atoms with Gasteiger partial charge in [0.05, 0.1) is 19.8 Å². The van der Waals surface area contributed by atoms with Crippen molar-refractivity contribution < 1.29 is 18.6 Å². The van der Waals surface area contributed by atoms with Crippen molar-refractivity contribution in [3.8, 4) is 0 Å². The van der Waals surface area contributed by atoms with Crippen LogP contribution in [0.25, 0.3) is 0 Å². The summed E-state index contributed by atoms with van der Waals surface area (Å²) in [6.07, 6.45) is -0.288. The molecule has 0 spiro atoms. The van der Waals surface area contributed by atoms with Crippen LogP contribution in [0.2, 0.25) is 0 Å². The Kier molecular flexibility index (Phi) is 3.88. The maximum atomic E-state index is 13.3. The Balaban J connectivity index is 1.81. The first-order chi connectivity index (χ1) is 7.75. The van der Waals surface area contributed by atoms with E-state index in [1.807, 2.05) is 6.92 Å². The molecule has 0 unspecified atom stereocenters. The number of rotatable bonds is 3. The fourth-order valence-electron chi connectivity index (χ4n) is 1.50. The van der Waals surface area contributed by atoms with Gasteiger partial charge >= 0.3 is 0 Å². The third-order valence-electron chi connectivity index (χ3n) is 2.47. The van der Waals surface area contributed by atoms with E-state index in [4.69, 9.17) is 14.2 Å². The van der Waals surface area contributed by atoms with Crippen molar-refractivity contribution in [1.29, 1.82) is 0 Å². The molecule has 1 fully saturated rings. The van der Waals surface area contributed by atoms with Crippen molar-refractivity contribution in [2.75, 3.05) is 13.2 Å². The highest BCUT2D eigenvalue weighted by atomic mass is 19.1. The lowest BCUT2D eigenvalue weighted by atomic mass is 10.2. The second kappa shape index (κ2) is 5.39. The van der Waals surface area contributed by atoms with Crippen LogP contribution in [0.15, 0.2) is 24.3 Å². The van der Waals surface area contributed by atoms with Gasteiger partial charge in [0, 0.05) is 5.56 Å². The quantitative estimate of drug-likeness (QED) is 0.790. The van der Waals surface area contributed by atoms with E-state index in [2.05, 4.69) is 0 Å². The molecule has 0 radical (unpaired) electrons. The van der Waals surface area contributed by atoms with Gasteiger partial charge in [-0.3, -0.25) is 0 Å². The summed E-state index contributed by atoms with van der Waals surface area (Å²) in [6.45, 7) is 3.08. The fraction of sp³-hybridized carbons (Fsp3) is 0.500. The number of halogens is 1. The van der Waals surface area contributed by atoms with Gasteiger partial charge in [-0.25, -0.2) is 4.39 Å². The molecular weight excluding hydrogens is 211 g/mol. The Morgan fingerprint density at radius 2 is 2.00 bits per heavy atom. The van der Waals surface area contributed by atoms with Crippen LogP contribution in [0.5, 0.6) is 0 Å². The minimum atomic E-state index is -0.242. The standard InChI is InChI=1S/C12H15FO3/c1-9-14-7-11(8-15-9)16-6-10-4-2-3-5-12(10)13/h2-5,9,11H,6-8H2,1H3. The normalized spacial score (nSPS) is 25.6. The summed E-state index contributed by atoms with van der Waals surface area (Å²) in [5.41, 5.74) is 0.557. The van der Waals surface area contributed by atoms with Crippen LogP contribution >= 0.6 is 0 Å². The lowest BCUT2D eigenvalue weighted by Crippen LogP contribution is -2.35. The Morgan fingerprint density at radius 1 is 1.31 bits per heavy atom. The number of benzene rings is 1. The summed E-state index contributed by atoms with van der Waals surface area (Å²) in [6, 6.07) is 6.59. The van der Waals surface area contributed by atoms with Gasteiger partial charge in [-0.05, 0) is 13.0 Å². The Labute approximate surface area is 94.1 Å². The van der Waals surface area contributed by atoms with E-state index < -0.39 is 0 Å². The van der Waals surface area contributed by atoms with Crippen LogP contribution in [-0.4, -0.2) is 25.6 Å². The molecule has 3 nitrogen and oxygen atoms in total. The zero-order chi connectivity index (χ0) is 11.4. The second-order valence-electron chi connectivity index (χ2n) is 3.76. The first-order valence-corrected chi connectivity index (χ1v) is 5.34. The Morgan fingerprint density at radius 3 is 2.69 bits per heavy atom. The lowest BCUT2D eigenvalue weighted by Gasteiger charge is -2.27. The number of hydrogen-bond acceptors (Lipinski definition) is 3. The van der Waals surface area contributed by atoms with Gasteiger partial charge in [-0.15, -0.1) is 0 Å². The van der Waals surface area contributed by atoms with Gasteiger partial charge in [0.2, 0.25) is 0 Å². The van der Waals surface area contributed by atoms with Crippen LogP contribution in [-0.2, 0) is 20.8 Å². The molecule has 0 aliphatic carbocycles. The highest BCUT2D eigenvalue weighted by Gasteiger charge is 2.19. The smallest absolute Gasteiger partial charge is 0.155 e. The zero-order valence-electron chi connectivity index (χ0n) is 9.19. The molecule has 1 aliphatic heterocycles. The zero-order valence-corrected chi connectivity index (χ0v) is 9.19. The van der Waals surface area contributed by atoms with Crippen molar-refractivity contribution in [2.24, 2.45) is 0 Å². The lowest BCUT2D eigenvalue weighted by molar-refractivity contribution is -0.220. The molecule has 1 aliphatic rings. The Bertz CT molecular complexity index is 335. The largest absolute Gasteiger partial charge is 0.369 e. The van der Waals surface area contributed by atoms with Crippen LogP contribution in [0, 0.1) is 5.82 Å².